The lowest BCUT2D eigenvalue weighted by atomic mass is 9.98. The molecule has 1 aliphatic heterocycles. The maximum atomic E-state index is 13.1. The molecule has 6 nitrogen and oxygen atoms in total. The zero-order valence-corrected chi connectivity index (χ0v) is 16.0. The summed E-state index contributed by atoms with van der Waals surface area (Å²) in [7, 11) is -3.40. The van der Waals surface area contributed by atoms with Crippen LogP contribution in [-0.4, -0.2) is 42.6 Å². The first-order valence-corrected chi connectivity index (χ1v) is 10.8. The molecular formula is C18H23ClN4O2S. The number of nitrogens with one attached hydrogen (secondary N) is 2. The van der Waals surface area contributed by atoms with Crippen molar-refractivity contribution in [3.63, 3.8) is 0 Å². The van der Waals surface area contributed by atoms with E-state index in [-0.39, 0.29) is 16.8 Å². The molecule has 0 bridgehead atoms. The maximum Gasteiger partial charge on any atom is 0.171 e. The Labute approximate surface area is 159 Å². The highest BCUT2D eigenvalue weighted by atomic mass is 35.5. The highest BCUT2D eigenvalue weighted by molar-refractivity contribution is 7.92. The van der Waals surface area contributed by atoms with Crippen LogP contribution >= 0.6 is 11.6 Å². The lowest BCUT2D eigenvalue weighted by molar-refractivity contribution is 0.367. The smallest absolute Gasteiger partial charge is 0.171 e. The molecule has 1 atom stereocenters. The normalized spacial score (nSPS) is 17.0. The molecule has 1 aromatic carbocycles. The molecule has 0 radical (unpaired) electrons. The third-order valence-corrected chi connectivity index (χ3v) is 6.98. The first kappa shape index (κ1) is 19.1. The van der Waals surface area contributed by atoms with Crippen molar-refractivity contribution in [1.82, 2.24) is 15.3 Å². The summed E-state index contributed by atoms with van der Waals surface area (Å²) in [6.45, 7) is 1.62. The molecule has 26 heavy (non-hydrogen) atoms. The second-order valence-electron chi connectivity index (χ2n) is 6.45. The lowest BCUT2D eigenvalue weighted by Crippen LogP contribution is -2.44. The second kappa shape index (κ2) is 8.79. The number of halogens is 1. The van der Waals surface area contributed by atoms with Gasteiger partial charge in [-0.3, -0.25) is 0 Å². The van der Waals surface area contributed by atoms with Crippen LogP contribution in [0.4, 0.5) is 5.82 Å². The van der Waals surface area contributed by atoms with Gasteiger partial charge in [0.2, 0.25) is 0 Å². The predicted molar refractivity (Wildman–Crippen MR) is 104 cm³/mol. The van der Waals surface area contributed by atoms with Crippen molar-refractivity contribution in [2.24, 2.45) is 5.92 Å². The molecule has 0 spiro atoms. The highest BCUT2D eigenvalue weighted by Gasteiger charge is 2.34. The summed E-state index contributed by atoms with van der Waals surface area (Å²) in [6.07, 6.45) is 5.06. The van der Waals surface area contributed by atoms with Crippen molar-refractivity contribution < 1.29 is 8.42 Å². The van der Waals surface area contributed by atoms with Gasteiger partial charge in [0.05, 0.1) is 5.75 Å². The van der Waals surface area contributed by atoms with Crippen LogP contribution in [0.2, 0.25) is 5.15 Å². The lowest BCUT2D eigenvalue weighted by Gasteiger charge is -2.31. The number of aryl methyl sites for hydroxylation is 1. The molecule has 3 rings (SSSR count). The van der Waals surface area contributed by atoms with E-state index in [9.17, 15) is 8.42 Å². The largest absolute Gasteiger partial charge is 0.351 e. The molecule has 1 unspecified atom stereocenters. The number of benzene rings is 1. The Morgan fingerprint density at radius 2 is 1.85 bits per heavy atom. The molecular weight excluding hydrogens is 372 g/mol. The Kier molecular flexibility index (Phi) is 6.45. The zero-order valence-electron chi connectivity index (χ0n) is 14.4. The molecule has 2 N–H and O–H groups in total. The molecule has 1 aromatic heterocycles. The molecule has 1 aliphatic rings. The van der Waals surface area contributed by atoms with Gasteiger partial charge in [0.25, 0.3) is 0 Å². The highest BCUT2D eigenvalue weighted by Crippen LogP contribution is 2.26. The van der Waals surface area contributed by atoms with Crippen LogP contribution in [0.3, 0.4) is 0 Å². The summed E-state index contributed by atoms with van der Waals surface area (Å²) in [5, 5.41) is 5.81. The van der Waals surface area contributed by atoms with Crippen molar-refractivity contribution in [1.29, 1.82) is 0 Å². The fraction of sp³-hybridized carbons (Fsp3) is 0.444. The minimum atomic E-state index is -3.40. The maximum absolute atomic E-state index is 13.1. The van der Waals surface area contributed by atoms with Crippen molar-refractivity contribution in [2.75, 3.05) is 24.2 Å². The van der Waals surface area contributed by atoms with E-state index in [0.29, 0.717) is 12.2 Å². The van der Waals surface area contributed by atoms with E-state index in [1.54, 1.807) is 0 Å². The number of anilines is 1. The van der Waals surface area contributed by atoms with Gasteiger partial charge in [-0.25, -0.2) is 18.4 Å². The Morgan fingerprint density at radius 3 is 2.54 bits per heavy atom. The summed E-state index contributed by atoms with van der Waals surface area (Å²) in [5.74, 6) is 0.410. The monoisotopic (exact) mass is 394 g/mol. The van der Waals surface area contributed by atoms with Gasteiger partial charge in [-0.05, 0) is 43.8 Å². The van der Waals surface area contributed by atoms with E-state index >= 15 is 0 Å². The van der Waals surface area contributed by atoms with E-state index in [4.69, 9.17) is 11.6 Å². The number of hydrogen-bond donors (Lipinski definition) is 2. The Morgan fingerprint density at radius 1 is 1.15 bits per heavy atom. The van der Waals surface area contributed by atoms with E-state index in [1.807, 2.05) is 30.3 Å². The Hall–Kier alpha value is -1.70. The number of hydrogen-bond acceptors (Lipinski definition) is 6. The molecule has 2 heterocycles. The fourth-order valence-electron chi connectivity index (χ4n) is 3.23. The first-order valence-electron chi connectivity index (χ1n) is 8.75. The number of aromatic nitrogens is 2. The zero-order chi connectivity index (χ0) is 18.4. The van der Waals surface area contributed by atoms with Gasteiger partial charge in [-0.2, -0.15) is 0 Å². The summed E-state index contributed by atoms with van der Waals surface area (Å²) < 4.78 is 26.3. The van der Waals surface area contributed by atoms with Crippen LogP contribution in [-0.2, 0) is 16.3 Å². The minimum Gasteiger partial charge on any atom is -0.351 e. The van der Waals surface area contributed by atoms with Crippen LogP contribution in [0.15, 0.2) is 42.7 Å². The number of nitrogens with zero attached hydrogens (tertiary/aromatic N) is 2. The summed E-state index contributed by atoms with van der Waals surface area (Å²) in [6, 6.07) is 9.66. The SMILES string of the molecule is O=S(=O)(CCc1ccccc1)C(Nc1nccnc1Cl)C1CCNCC1. The van der Waals surface area contributed by atoms with Gasteiger partial charge in [0, 0.05) is 12.4 Å². The van der Waals surface area contributed by atoms with Gasteiger partial charge in [0.1, 0.15) is 5.37 Å². The van der Waals surface area contributed by atoms with Crippen LogP contribution in [0.25, 0.3) is 0 Å². The number of rotatable bonds is 7. The number of sulfone groups is 1. The molecule has 140 valence electrons. The van der Waals surface area contributed by atoms with Crippen LogP contribution in [0, 0.1) is 5.92 Å². The van der Waals surface area contributed by atoms with E-state index in [0.717, 1.165) is 31.5 Å². The van der Waals surface area contributed by atoms with Gasteiger partial charge in [-0.1, -0.05) is 41.9 Å². The molecule has 1 fully saturated rings. The van der Waals surface area contributed by atoms with Crippen molar-refractivity contribution in [2.45, 2.75) is 24.6 Å². The van der Waals surface area contributed by atoms with Gasteiger partial charge in [0.15, 0.2) is 20.8 Å². The fourth-order valence-corrected chi connectivity index (χ4v) is 5.32. The third kappa shape index (κ3) is 4.93. The van der Waals surface area contributed by atoms with Gasteiger partial charge < -0.3 is 10.6 Å². The van der Waals surface area contributed by atoms with E-state index < -0.39 is 15.2 Å². The molecule has 8 heteroatoms. The predicted octanol–water partition coefficient (Wildman–Crippen LogP) is 2.53. The average molecular weight is 395 g/mol. The van der Waals surface area contributed by atoms with Crippen LogP contribution in [0.5, 0.6) is 0 Å². The number of piperidine rings is 1. The molecule has 0 saturated carbocycles. The van der Waals surface area contributed by atoms with Crippen molar-refractivity contribution in [3.8, 4) is 0 Å². The summed E-state index contributed by atoms with van der Waals surface area (Å²) in [5.41, 5.74) is 1.01. The molecule has 1 saturated heterocycles. The first-order chi connectivity index (χ1) is 12.6. The molecule has 2 aromatic rings. The Bertz CT molecular complexity index is 811. The van der Waals surface area contributed by atoms with Crippen LogP contribution in [0.1, 0.15) is 18.4 Å². The molecule has 0 amide bonds. The van der Waals surface area contributed by atoms with Crippen molar-refractivity contribution >= 4 is 27.3 Å². The second-order valence-corrected chi connectivity index (χ2v) is 9.05. The standard InChI is InChI=1S/C18H23ClN4O2S/c19-16-17(22-12-11-21-16)23-18(15-6-9-20-10-7-15)26(24,25)13-8-14-4-2-1-3-5-14/h1-5,11-12,15,18,20H,6-10,13H2,(H,22,23). The quantitative estimate of drug-likeness (QED) is 0.750. The van der Waals surface area contributed by atoms with Gasteiger partial charge >= 0.3 is 0 Å². The Balaban J connectivity index is 1.80. The van der Waals surface area contributed by atoms with Crippen LogP contribution < -0.4 is 10.6 Å². The third-order valence-electron chi connectivity index (χ3n) is 4.65. The summed E-state index contributed by atoms with van der Waals surface area (Å²) in [4.78, 5) is 8.15. The minimum absolute atomic E-state index is 0.00935. The summed E-state index contributed by atoms with van der Waals surface area (Å²) >= 11 is 6.09. The van der Waals surface area contributed by atoms with E-state index in [2.05, 4.69) is 20.6 Å². The van der Waals surface area contributed by atoms with Crippen molar-refractivity contribution in [3.05, 3.63) is 53.4 Å². The topological polar surface area (TPSA) is 84.0 Å². The average Bonchev–Trinajstić information content (AvgIpc) is 2.67. The van der Waals surface area contributed by atoms with Gasteiger partial charge in [-0.15, -0.1) is 0 Å². The molecule has 0 aliphatic carbocycles. The van der Waals surface area contributed by atoms with E-state index in [1.165, 1.54) is 12.4 Å².